The van der Waals surface area contributed by atoms with E-state index in [0.29, 0.717) is 0 Å². The SMILES string of the molecule is O=C(CCn1[nH]c(=O)c2ccccc2c1=O)Nc1ccc(S(=O)(=O)C(F)F)cc1. The summed E-state index contributed by atoms with van der Waals surface area (Å²) in [5.41, 5.74) is -0.714. The first kappa shape index (κ1) is 20.4. The molecule has 0 aliphatic carbocycles. The molecule has 0 aliphatic rings. The Bertz CT molecular complexity index is 1280. The van der Waals surface area contributed by atoms with Crippen molar-refractivity contribution in [3.63, 3.8) is 0 Å². The van der Waals surface area contributed by atoms with E-state index in [9.17, 15) is 31.6 Å². The minimum absolute atomic E-state index is 0.0947. The second-order valence-electron chi connectivity index (χ2n) is 6.07. The second kappa shape index (κ2) is 7.95. The summed E-state index contributed by atoms with van der Waals surface area (Å²) in [6.45, 7) is -0.0947. The van der Waals surface area contributed by atoms with Crippen LogP contribution in [0.3, 0.4) is 0 Å². The average molecular weight is 423 g/mol. The number of alkyl halides is 2. The Hall–Kier alpha value is -3.34. The van der Waals surface area contributed by atoms with E-state index in [1.54, 1.807) is 12.1 Å². The number of aromatic nitrogens is 2. The molecule has 11 heteroatoms. The number of carbonyl (C=O) groups excluding carboxylic acids is 1. The summed E-state index contributed by atoms with van der Waals surface area (Å²) in [5, 5.41) is 5.34. The van der Waals surface area contributed by atoms with Crippen molar-refractivity contribution in [2.24, 2.45) is 0 Å². The lowest BCUT2D eigenvalue weighted by Gasteiger charge is -2.09. The summed E-state index contributed by atoms with van der Waals surface area (Å²) in [7, 11) is -4.71. The van der Waals surface area contributed by atoms with Gasteiger partial charge in [0.1, 0.15) is 0 Å². The van der Waals surface area contributed by atoms with Crippen LogP contribution in [-0.2, 0) is 21.2 Å². The smallest absolute Gasteiger partial charge is 0.326 e. The molecule has 2 N–H and O–H groups in total. The number of aryl methyl sites for hydroxylation is 1. The van der Waals surface area contributed by atoms with Gasteiger partial charge in [-0.3, -0.25) is 19.5 Å². The van der Waals surface area contributed by atoms with Gasteiger partial charge in [0.25, 0.3) is 11.1 Å². The molecule has 0 spiro atoms. The highest BCUT2D eigenvalue weighted by Crippen LogP contribution is 2.20. The topological polar surface area (TPSA) is 118 Å². The summed E-state index contributed by atoms with van der Waals surface area (Å²) in [4.78, 5) is 35.9. The van der Waals surface area contributed by atoms with Gasteiger partial charge in [-0.1, -0.05) is 12.1 Å². The number of H-pyrrole nitrogens is 1. The van der Waals surface area contributed by atoms with Gasteiger partial charge in [-0.05, 0) is 36.4 Å². The van der Waals surface area contributed by atoms with Crippen molar-refractivity contribution in [1.82, 2.24) is 9.78 Å². The molecule has 0 unspecified atom stereocenters. The third-order valence-electron chi connectivity index (χ3n) is 4.15. The fourth-order valence-electron chi connectivity index (χ4n) is 2.67. The Morgan fingerprint density at radius 3 is 2.28 bits per heavy atom. The number of halogens is 2. The second-order valence-corrected chi connectivity index (χ2v) is 7.99. The van der Waals surface area contributed by atoms with Gasteiger partial charge >= 0.3 is 5.76 Å². The van der Waals surface area contributed by atoms with Gasteiger partial charge in [0.15, 0.2) is 0 Å². The standard InChI is InChI=1S/C18H15F2N3O5S/c19-18(20)29(27,28)12-7-5-11(6-8-12)21-15(24)9-10-23-17(26)14-4-2-1-3-13(14)16(25)22-23/h1-8,18H,9-10H2,(H,21,24)(H,22,25). The van der Waals surface area contributed by atoms with Crippen LogP contribution in [0.1, 0.15) is 6.42 Å². The number of anilines is 1. The van der Waals surface area contributed by atoms with E-state index < -0.39 is 37.5 Å². The third kappa shape index (κ3) is 4.24. The summed E-state index contributed by atoms with van der Waals surface area (Å²) >= 11 is 0. The summed E-state index contributed by atoms with van der Waals surface area (Å²) in [5.74, 6) is -4.05. The molecule has 152 valence electrons. The molecule has 2 aromatic carbocycles. The predicted octanol–water partition coefficient (Wildman–Crippen LogP) is 1.71. The van der Waals surface area contributed by atoms with E-state index in [1.807, 2.05) is 0 Å². The lowest BCUT2D eigenvalue weighted by Crippen LogP contribution is -2.31. The number of sulfone groups is 1. The Morgan fingerprint density at radius 1 is 1.03 bits per heavy atom. The Labute approximate surface area is 162 Å². The van der Waals surface area contributed by atoms with Crippen LogP contribution < -0.4 is 16.4 Å². The maximum Gasteiger partial charge on any atom is 0.341 e. The lowest BCUT2D eigenvalue weighted by atomic mass is 10.2. The summed E-state index contributed by atoms with van der Waals surface area (Å²) in [6.07, 6.45) is -0.161. The zero-order valence-electron chi connectivity index (χ0n) is 14.8. The van der Waals surface area contributed by atoms with E-state index in [1.165, 1.54) is 24.3 Å². The highest BCUT2D eigenvalue weighted by Gasteiger charge is 2.26. The van der Waals surface area contributed by atoms with Crippen molar-refractivity contribution in [2.75, 3.05) is 5.32 Å². The molecular weight excluding hydrogens is 408 g/mol. The molecule has 3 rings (SSSR count). The maximum atomic E-state index is 12.5. The quantitative estimate of drug-likeness (QED) is 0.626. The fourth-order valence-corrected chi connectivity index (χ4v) is 3.39. The van der Waals surface area contributed by atoms with Crippen LogP contribution in [0.25, 0.3) is 10.8 Å². The normalized spacial score (nSPS) is 11.7. The number of amides is 1. The number of hydrogen-bond acceptors (Lipinski definition) is 5. The number of fused-ring (bicyclic) bond motifs is 1. The van der Waals surface area contributed by atoms with Crippen LogP contribution in [0.5, 0.6) is 0 Å². The first-order valence-corrected chi connectivity index (χ1v) is 9.88. The molecule has 0 fully saturated rings. The van der Waals surface area contributed by atoms with Crippen molar-refractivity contribution in [3.05, 3.63) is 69.2 Å². The molecule has 3 aromatic rings. The fraction of sp³-hybridized carbons (Fsp3) is 0.167. The zero-order valence-corrected chi connectivity index (χ0v) is 15.6. The number of nitrogens with zero attached hydrogens (tertiary/aromatic N) is 1. The highest BCUT2D eigenvalue weighted by molar-refractivity contribution is 7.91. The van der Waals surface area contributed by atoms with Gasteiger partial charge in [-0.2, -0.15) is 8.78 Å². The Balaban J connectivity index is 1.69. The van der Waals surface area contributed by atoms with Crippen LogP contribution in [-0.4, -0.2) is 29.9 Å². The molecule has 0 saturated carbocycles. The van der Waals surface area contributed by atoms with Gasteiger partial charge in [0, 0.05) is 12.1 Å². The molecule has 0 radical (unpaired) electrons. The molecule has 8 nitrogen and oxygen atoms in total. The number of hydrogen-bond donors (Lipinski definition) is 2. The van der Waals surface area contributed by atoms with Gasteiger partial charge < -0.3 is 5.32 Å². The third-order valence-corrected chi connectivity index (χ3v) is 5.55. The van der Waals surface area contributed by atoms with Crippen molar-refractivity contribution < 1.29 is 22.0 Å². The molecule has 0 aliphatic heterocycles. The number of rotatable bonds is 6. The van der Waals surface area contributed by atoms with Gasteiger partial charge in [0.05, 0.1) is 22.2 Å². The number of benzene rings is 2. The number of carbonyl (C=O) groups is 1. The molecule has 1 amide bonds. The zero-order chi connectivity index (χ0) is 21.2. The first-order chi connectivity index (χ1) is 13.7. The lowest BCUT2D eigenvalue weighted by molar-refractivity contribution is -0.116. The molecule has 1 aromatic heterocycles. The summed E-state index contributed by atoms with van der Waals surface area (Å²) in [6, 6.07) is 10.6. The van der Waals surface area contributed by atoms with Crippen LogP contribution >= 0.6 is 0 Å². The van der Waals surface area contributed by atoms with Crippen molar-refractivity contribution >= 4 is 32.2 Å². The first-order valence-electron chi connectivity index (χ1n) is 8.34. The molecule has 0 atom stereocenters. The minimum Gasteiger partial charge on any atom is -0.326 e. The molecule has 1 heterocycles. The van der Waals surface area contributed by atoms with Crippen molar-refractivity contribution in [3.8, 4) is 0 Å². The molecule has 0 saturated heterocycles. The monoisotopic (exact) mass is 423 g/mol. The van der Waals surface area contributed by atoms with E-state index in [-0.39, 0.29) is 29.4 Å². The number of aromatic amines is 1. The van der Waals surface area contributed by atoms with Gasteiger partial charge in [0.2, 0.25) is 15.7 Å². The van der Waals surface area contributed by atoms with Crippen LogP contribution in [0.4, 0.5) is 14.5 Å². The average Bonchev–Trinajstić information content (AvgIpc) is 2.70. The maximum absolute atomic E-state index is 12.5. The number of nitrogens with one attached hydrogen (secondary N) is 2. The Morgan fingerprint density at radius 2 is 1.66 bits per heavy atom. The van der Waals surface area contributed by atoms with Crippen LogP contribution in [0.2, 0.25) is 0 Å². The molecular formula is C18H15F2N3O5S. The summed E-state index contributed by atoms with van der Waals surface area (Å²) < 4.78 is 48.8. The molecule has 29 heavy (non-hydrogen) atoms. The van der Waals surface area contributed by atoms with Crippen molar-refractivity contribution in [1.29, 1.82) is 0 Å². The van der Waals surface area contributed by atoms with Crippen LogP contribution in [0.15, 0.2) is 63.0 Å². The van der Waals surface area contributed by atoms with Crippen molar-refractivity contribution in [2.45, 2.75) is 23.6 Å². The van der Waals surface area contributed by atoms with Gasteiger partial charge in [-0.25, -0.2) is 13.1 Å². The van der Waals surface area contributed by atoms with E-state index in [0.717, 1.165) is 16.8 Å². The largest absolute Gasteiger partial charge is 0.341 e. The van der Waals surface area contributed by atoms with Crippen LogP contribution in [0, 0.1) is 0 Å². The van der Waals surface area contributed by atoms with E-state index in [4.69, 9.17) is 0 Å². The minimum atomic E-state index is -4.71. The van der Waals surface area contributed by atoms with Gasteiger partial charge in [-0.15, -0.1) is 0 Å². The Kier molecular flexibility index (Phi) is 5.59. The highest BCUT2D eigenvalue weighted by atomic mass is 32.2. The predicted molar refractivity (Wildman–Crippen MR) is 102 cm³/mol. The van der Waals surface area contributed by atoms with E-state index in [2.05, 4.69) is 10.4 Å². The molecule has 0 bridgehead atoms. The van der Waals surface area contributed by atoms with E-state index >= 15 is 0 Å².